The summed E-state index contributed by atoms with van der Waals surface area (Å²) in [6, 6.07) is 0. The average Bonchev–Trinajstić information content (AvgIpc) is 1.85. The van der Waals surface area contributed by atoms with Crippen molar-refractivity contribution in [2.45, 2.75) is 6.42 Å². The van der Waals surface area contributed by atoms with E-state index in [9.17, 15) is 9.59 Å². The maximum absolute atomic E-state index is 10.9. The molecule has 0 spiro atoms. The molecule has 0 unspecified atom stereocenters. The molecule has 0 aromatic heterocycles. The first-order valence-corrected chi connectivity index (χ1v) is 3.19. The molecule has 0 aliphatic carbocycles. The Morgan fingerprint density at radius 2 is 2.18 bits per heavy atom. The minimum absolute atomic E-state index is 0.101. The Bertz CT molecular complexity index is 244. The van der Waals surface area contributed by atoms with E-state index in [1.54, 1.807) is 0 Å². The first-order valence-electron chi connectivity index (χ1n) is 3.19. The maximum Gasteiger partial charge on any atom is 0.258 e. The molecule has 0 atom stereocenters. The molecule has 1 rings (SSSR count). The van der Waals surface area contributed by atoms with Crippen LogP contribution in [0, 0.1) is 0 Å². The van der Waals surface area contributed by atoms with Crippen LogP contribution in [0.2, 0.25) is 0 Å². The molecule has 0 aromatic rings. The third kappa shape index (κ3) is 1.31. The Labute approximate surface area is 63.4 Å². The first-order chi connectivity index (χ1) is 5.13. The lowest BCUT2D eigenvalue weighted by Crippen LogP contribution is -2.38. The molecule has 5 N–H and O–H groups in total. The van der Waals surface area contributed by atoms with E-state index in [1.807, 2.05) is 0 Å². The van der Waals surface area contributed by atoms with Gasteiger partial charge in [-0.3, -0.25) is 9.59 Å². The van der Waals surface area contributed by atoms with Crippen LogP contribution >= 0.6 is 0 Å². The molecule has 60 valence electrons. The Morgan fingerprint density at radius 1 is 1.55 bits per heavy atom. The number of hydrogen-bond donors (Lipinski definition) is 3. The highest BCUT2D eigenvalue weighted by Gasteiger charge is 2.22. The van der Waals surface area contributed by atoms with E-state index in [0.717, 1.165) is 0 Å². The molecule has 0 bridgehead atoms. The van der Waals surface area contributed by atoms with Gasteiger partial charge in [0.25, 0.3) is 11.8 Å². The Balaban J connectivity index is 3.01. The molecule has 1 aliphatic rings. The minimum atomic E-state index is -0.764. The van der Waals surface area contributed by atoms with Gasteiger partial charge >= 0.3 is 0 Å². The standard InChI is InChI=1S/C6H9N3O2/c7-3-1-2-9-6(11)4(3)5(8)10/h1-2,7H2,(H2,8,10)(H,9,11). The summed E-state index contributed by atoms with van der Waals surface area (Å²) in [5.74, 6) is -1.24. The number of hydrogen-bond acceptors (Lipinski definition) is 3. The predicted octanol–water partition coefficient (Wildman–Crippen LogP) is -1.80. The van der Waals surface area contributed by atoms with Crippen molar-refractivity contribution >= 4 is 11.8 Å². The quantitative estimate of drug-likeness (QED) is 0.390. The summed E-state index contributed by atoms with van der Waals surface area (Å²) in [4.78, 5) is 21.5. The van der Waals surface area contributed by atoms with Gasteiger partial charge in [-0.05, 0) is 0 Å². The van der Waals surface area contributed by atoms with Crippen LogP contribution in [0.25, 0.3) is 0 Å². The van der Waals surface area contributed by atoms with Gasteiger partial charge in [-0.15, -0.1) is 0 Å². The number of nitrogens with two attached hydrogens (primary N) is 2. The van der Waals surface area contributed by atoms with Crippen molar-refractivity contribution in [2.75, 3.05) is 6.54 Å². The van der Waals surface area contributed by atoms with Crippen LogP contribution in [0.1, 0.15) is 6.42 Å². The molecule has 11 heavy (non-hydrogen) atoms. The number of rotatable bonds is 1. The lowest BCUT2D eigenvalue weighted by molar-refractivity contribution is -0.122. The molecule has 1 heterocycles. The molecule has 0 aromatic carbocycles. The lowest BCUT2D eigenvalue weighted by atomic mass is 10.1. The number of carbonyl (C=O) groups excluding carboxylic acids is 2. The number of nitrogens with one attached hydrogen (secondary N) is 1. The second-order valence-corrected chi connectivity index (χ2v) is 2.27. The summed E-state index contributed by atoms with van der Waals surface area (Å²) in [5.41, 5.74) is 10.5. The van der Waals surface area contributed by atoms with Gasteiger partial charge in [-0.1, -0.05) is 0 Å². The van der Waals surface area contributed by atoms with Crippen molar-refractivity contribution in [1.82, 2.24) is 5.32 Å². The van der Waals surface area contributed by atoms with Crippen LogP contribution in [0.15, 0.2) is 11.3 Å². The Kier molecular flexibility index (Phi) is 1.80. The van der Waals surface area contributed by atoms with Gasteiger partial charge in [-0.2, -0.15) is 0 Å². The van der Waals surface area contributed by atoms with E-state index in [0.29, 0.717) is 13.0 Å². The van der Waals surface area contributed by atoms with Gasteiger partial charge in [-0.25, -0.2) is 0 Å². The highest BCUT2D eigenvalue weighted by Crippen LogP contribution is 2.06. The fourth-order valence-corrected chi connectivity index (χ4v) is 0.940. The number of carbonyl (C=O) groups is 2. The van der Waals surface area contributed by atoms with E-state index < -0.39 is 11.8 Å². The normalized spacial score (nSPS) is 18.0. The lowest BCUT2D eigenvalue weighted by Gasteiger charge is -2.14. The molecular weight excluding hydrogens is 146 g/mol. The van der Waals surface area contributed by atoms with Crippen molar-refractivity contribution in [1.29, 1.82) is 0 Å². The minimum Gasteiger partial charge on any atom is -0.401 e. The van der Waals surface area contributed by atoms with Crippen LogP contribution in [0.5, 0.6) is 0 Å². The molecule has 5 heteroatoms. The van der Waals surface area contributed by atoms with Gasteiger partial charge in [0.15, 0.2) is 0 Å². The summed E-state index contributed by atoms with van der Waals surface area (Å²) in [6.45, 7) is 0.474. The first kappa shape index (κ1) is 7.59. The van der Waals surface area contributed by atoms with Gasteiger partial charge in [0.2, 0.25) is 0 Å². The monoisotopic (exact) mass is 155 g/mol. The van der Waals surface area contributed by atoms with Crippen LogP contribution in [-0.2, 0) is 9.59 Å². The fraction of sp³-hybridized carbons (Fsp3) is 0.333. The molecule has 0 radical (unpaired) electrons. The second kappa shape index (κ2) is 2.61. The molecular formula is C6H9N3O2. The summed E-state index contributed by atoms with van der Waals surface area (Å²) in [5, 5.41) is 2.47. The van der Waals surface area contributed by atoms with Crippen LogP contribution in [-0.4, -0.2) is 18.4 Å². The SMILES string of the molecule is NC(=O)C1=C(N)CCNC1=O. The van der Waals surface area contributed by atoms with Crippen LogP contribution < -0.4 is 16.8 Å². The smallest absolute Gasteiger partial charge is 0.258 e. The zero-order chi connectivity index (χ0) is 8.43. The second-order valence-electron chi connectivity index (χ2n) is 2.27. The van der Waals surface area contributed by atoms with Crippen molar-refractivity contribution in [3.05, 3.63) is 11.3 Å². The number of primary amides is 1. The summed E-state index contributed by atoms with van der Waals surface area (Å²) in [6.07, 6.45) is 0.490. The van der Waals surface area contributed by atoms with E-state index in [1.165, 1.54) is 0 Å². The van der Waals surface area contributed by atoms with Crippen LogP contribution in [0.3, 0.4) is 0 Å². The Morgan fingerprint density at radius 3 is 2.55 bits per heavy atom. The van der Waals surface area contributed by atoms with Gasteiger partial charge in [0.1, 0.15) is 5.57 Å². The molecule has 0 saturated heterocycles. The van der Waals surface area contributed by atoms with Crippen molar-refractivity contribution in [3.63, 3.8) is 0 Å². The molecule has 2 amide bonds. The summed E-state index contributed by atoms with van der Waals surface area (Å²) in [7, 11) is 0. The summed E-state index contributed by atoms with van der Waals surface area (Å²) < 4.78 is 0. The van der Waals surface area contributed by atoms with Gasteiger partial charge in [0.05, 0.1) is 0 Å². The van der Waals surface area contributed by atoms with E-state index in [4.69, 9.17) is 11.5 Å². The van der Waals surface area contributed by atoms with Gasteiger partial charge in [0, 0.05) is 18.7 Å². The highest BCUT2D eigenvalue weighted by molar-refractivity contribution is 6.18. The Hall–Kier alpha value is -1.52. The zero-order valence-corrected chi connectivity index (χ0v) is 5.89. The molecule has 0 fully saturated rings. The fourth-order valence-electron chi connectivity index (χ4n) is 0.940. The average molecular weight is 155 g/mol. The zero-order valence-electron chi connectivity index (χ0n) is 5.89. The molecule has 5 nitrogen and oxygen atoms in total. The predicted molar refractivity (Wildman–Crippen MR) is 38.0 cm³/mol. The van der Waals surface area contributed by atoms with Crippen molar-refractivity contribution < 1.29 is 9.59 Å². The third-order valence-electron chi connectivity index (χ3n) is 1.47. The van der Waals surface area contributed by atoms with E-state index in [2.05, 4.69) is 5.32 Å². The highest BCUT2D eigenvalue weighted by atomic mass is 16.2. The van der Waals surface area contributed by atoms with Crippen molar-refractivity contribution in [2.24, 2.45) is 11.5 Å². The van der Waals surface area contributed by atoms with Gasteiger partial charge < -0.3 is 16.8 Å². The topological polar surface area (TPSA) is 98.2 Å². The summed E-state index contributed by atoms with van der Waals surface area (Å²) >= 11 is 0. The van der Waals surface area contributed by atoms with E-state index >= 15 is 0 Å². The third-order valence-corrected chi connectivity index (χ3v) is 1.47. The van der Waals surface area contributed by atoms with Crippen molar-refractivity contribution in [3.8, 4) is 0 Å². The molecule has 1 aliphatic heterocycles. The largest absolute Gasteiger partial charge is 0.401 e. The molecule has 0 saturated carbocycles. The van der Waals surface area contributed by atoms with E-state index in [-0.39, 0.29) is 11.3 Å². The van der Waals surface area contributed by atoms with Crippen LogP contribution in [0.4, 0.5) is 0 Å². The maximum atomic E-state index is 10.9. The number of amides is 2.